The molecule has 35 heavy (non-hydrogen) atoms. The monoisotopic (exact) mass is 513 g/mol. The number of aliphatic hydroxyl groups excluding tert-OH is 1. The van der Waals surface area contributed by atoms with E-state index in [1.54, 1.807) is 20.8 Å². The quantitative estimate of drug-likeness (QED) is 0.504. The molecule has 0 radical (unpaired) electrons. The Bertz CT molecular complexity index is 1060. The molecule has 4 atom stereocenters. The van der Waals surface area contributed by atoms with Gasteiger partial charge in [0.05, 0.1) is 18.6 Å². The summed E-state index contributed by atoms with van der Waals surface area (Å²) in [4.78, 5) is 25.0. The van der Waals surface area contributed by atoms with E-state index in [4.69, 9.17) is 4.74 Å². The van der Waals surface area contributed by atoms with Gasteiger partial charge in [-0.1, -0.05) is 0 Å². The maximum Gasteiger partial charge on any atom is 0.416 e. The molecule has 16 heteroatoms. The number of halogens is 6. The van der Waals surface area contributed by atoms with E-state index < -0.39 is 60.4 Å². The van der Waals surface area contributed by atoms with Crippen LogP contribution in [0.25, 0.3) is 11.2 Å². The third-order valence-electron chi connectivity index (χ3n) is 5.02. The Morgan fingerprint density at radius 1 is 1.23 bits per heavy atom. The number of aromatic nitrogens is 4. The summed E-state index contributed by atoms with van der Waals surface area (Å²) < 4.78 is 85.6. The number of carbonyl (C=O) groups excluding carboxylic acids is 1. The van der Waals surface area contributed by atoms with Crippen LogP contribution < -0.4 is 10.6 Å². The maximum atomic E-state index is 14.7. The normalized spacial score (nSPS) is 20.9. The molecule has 10 nitrogen and oxygen atoms in total. The van der Waals surface area contributed by atoms with Crippen LogP contribution in [0.5, 0.6) is 0 Å². The lowest BCUT2D eigenvalue weighted by atomic mass is 10.2. The number of amides is 1. The molecule has 0 aromatic carbocycles. The van der Waals surface area contributed by atoms with E-state index in [0.717, 1.165) is 18.2 Å². The molecule has 2 aromatic rings. The fourth-order valence-electron chi connectivity index (χ4n) is 3.34. The van der Waals surface area contributed by atoms with Crippen LogP contribution in [0.3, 0.4) is 0 Å². The Hall–Kier alpha value is -3.04. The molecule has 1 aliphatic heterocycles. The number of ether oxygens (including phenoxy) is 1. The summed E-state index contributed by atoms with van der Waals surface area (Å²) in [6.45, 7) is 2.37. The lowest BCUT2D eigenvalue weighted by Gasteiger charge is -2.24. The molecule has 1 saturated heterocycles. The summed E-state index contributed by atoms with van der Waals surface area (Å²) in [5.74, 6) is -0.778. The van der Waals surface area contributed by atoms with Gasteiger partial charge in [0.2, 0.25) is 5.95 Å². The lowest BCUT2D eigenvalue weighted by Crippen LogP contribution is -2.42. The van der Waals surface area contributed by atoms with Crippen LogP contribution >= 0.6 is 0 Å². The topological polar surface area (TPSA) is 117 Å². The van der Waals surface area contributed by atoms with Crippen molar-refractivity contribution < 1.29 is 41.0 Å². The third-order valence-corrected chi connectivity index (χ3v) is 5.02. The van der Waals surface area contributed by atoms with Crippen LogP contribution in [0.15, 0.2) is 6.33 Å². The van der Waals surface area contributed by atoms with E-state index in [1.165, 1.54) is 0 Å². The standard InChI is InChI=1S/C19H25F6N7O3/c1-8(12(33)19(23,24)25)27-16-29-13(11-14(30-16)32(7-26-11)15(21)22)28-10-6-31(5-9(10)20)17(34)35-18(2,3)4/h7-10,12,15,33H,5-6H2,1-4H3,(H2,27,28,29,30)/t8-,9+,10+,12+/m0/s1. The average Bonchev–Trinajstić information content (AvgIpc) is 3.29. The van der Waals surface area contributed by atoms with E-state index in [-0.39, 0.29) is 24.4 Å². The van der Waals surface area contributed by atoms with Gasteiger partial charge in [-0.3, -0.25) is 4.57 Å². The first-order valence-electron chi connectivity index (χ1n) is 10.5. The summed E-state index contributed by atoms with van der Waals surface area (Å²) in [7, 11) is 0. The number of fused-ring (bicyclic) bond motifs is 1. The Morgan fingerprint density at radius 3 is 2.46 bits per heavy atom. The number of likely N-dealkylation sites (tertiary alicyclic amines) is 1. The Kier molecular flexibility index (Phi) is 7.24. The number of alkyl halides is 6. The first-order valence-corrected chi connectivity index (χ1v) is 10.5. The summed E-state index contributed by atoms with van der Waals surface area (Å²) in [6.07, 6.45) is -9.37. The number of anilines is 2. The third kappa shape index (κ3) is 6.15. The van der Waals surface area contributed by atoms with Crippen LogP contribution in [0.4, 0.5) is 42.9 Å². The van der Waals surface area contributed by atoms with Crippen molar-refractivity contribution in [2.24, 2.45) is 0 Å². The number of carbonyl (C=O) groups is 1. The molecule has 3 rings (SSSR count). The SMILES string of the molecule is C[C@H](Nc1nc(N[C@@H]2CN(C(=O)OC(C)(C)C)C[C@H]2F)c2ncn(C(F)F)c2n1)[C@@H](O)C(F)(F)F. The highest BCUT2D eigenvalue weighted by atomic mass is 19.4. The minimum Gasteiger partial charge on any atom is -0.444 e. The van der Waals surface area contributed by atoms with Crippen LogP contribution in [0, 0.1) is 0 Å². The molecule has 0 saturated carbocycles. The summed E-state index contributed by atoms with van der Waals surface area (Å²) in [6, 6.07) is -2.70. The zero-order chi connectivity index (χ0) is 26.3. The Morgan fingerprint density at radius 2 is 1.89 bits per heavy atom. The molecule has 0 unspecified atom stereocenters. The highest BCUT2D eigenvalue weighted by Crippen LogP contribution is 2.29. The number of rotatable bonds is 6. The van der Waals surface area contributed by atoms with E-state index >= 15 is 0 Å². The highest BCUT2D eigenvalue weighted by molar-refractivity contribution is 5.84. The second-order valence-corrected chi connectivity index (χ2v) is 9.07. The summed E-state index contributed by atoms with van der Waals surface area (Å²) in [5, 5.41) is 14.3. The van der Waals surface area contributed by atoms with Gasteiger partial charge in [-0.2, -0.15) is 31.9 Å². The Balaban J connectivity index is 1.89. The van der Waals surface area contributed by atoms with Gasteiger partial charge in [0.1, 0.15) is 18.1 Å². The number of nitrogens with one attached hydrogen (secondary N) is 2. The van der Waals surface area contributed by atoms with Crippen LogP contribution in [-0.4, -0.2) is 84.8 Å². The molecule has 1 fully saturated rings. The van der Waals surface area contributed by atoms with Gasteiger partial charge in [0, 0.05) is 6.54 Å². The van der Waals surface area contributed by atoms with Gasteiger partial charge in [-0.15, -0.1) is 0 Å². The largest absolute Gasteiger partial charge is 0.444 e. The minimum absolute atomic E-state index is 0.164. The van der Waals surface area contributed by atoms with Crippen molar-refractivity contribution in [2.75, 3.05) is 23.7 Å². The van der Waals surface area contributed by atoms with E-state index in [2.05, 4.69) is 25.6 Å². The predicted octanol–water partition coefficient (Wildman–Crippen LogP) is 3.31. The summed E-state index contributed by atoms with van der Waals surface area (Å²) >= 11 is 0. The molecule has 196 valence electrons. The fourth-order valence-corrected chi connectivity index (χ4v) is 3.34. The van der Waals surface area contributed by atoms with Crippen molar-refractivity contribution in [3.63, 3.8) is 0 Å². The van der Waals surface area contributed by atoms with Gasteiger partial charge in [0.15, 0.2) is 23.1 Å². The zero-order valence-corrected chi connectivity index (χ0v) is 19.1. The zero-order valence-electron chi connectivity index (χ0n) is 19.1. The first kappa shape index (κ1) is 26.6. The van der Waals surface area contributed by atoms with E-state index in [1.807, 2.05) is 0 Å². The first-order chi connectivity index (χ1) is 16.1. The van der Waals surface area contributed by atoms with Crippen molar-refractivity contribution in [3.8, 4) is 0 Å². The Labute approximate surface area is 195 Å². The van der Waals surface area contributed by atoms with E-state index in [0.29, 0.717) is 4.57 Å². The van der Waals surface area contributed by atoms with Gasteiger partial charge in [-0.05, 0) is 27.7 Å². The number of hydrogen-bond donors (Lipinski definition) is 3. The minimum atomic E-state index is -4.96. The highest BCUT2D eigenvalue weighted by Gasteiger charge is 2.42. The second-order valence-electron chi connectivity index (χ2n) is 9.07. The van der Waals surface area contributed by atoms with Crippen molar-refractivity contribution in [2.45, 2.75) is 70.4 Å². The molecule has 1 amide bonds. The van der Waals surface area contributed by atoms with Crippen LogP contribution in [-0.2, 0) is 4.74 Å². The number of hydrogen-bond acceptors (Lipinski definition) is 8. The van der Waals surface area contributed by atoms with Crippen molar-refractivity contribution in [3.05, 3.63) is 6.33 Å². The number of nitrogens with zero attached hydrogens (tertiary/aromatic N) is 5. The van der Waals surface area contributed by atoms with Gasteiger partial charge < -0.3 is 25.4 Å². The molecule has 0 spiro atoms. The van der Waals surface area contributed by atoms with Crippen molar-refractivity contribution in [1.29, 1.82) is 0 Å². The number of imidazole rings is 1. The molecule has 0 aliphatic carbocycles. The van der Waals surface area contributed by atoms with Gasteiger partial charge in [-0.25, -0.2) is 14.2 Å². The van der Waals surface area contributed by atoms with Crippen molar-refractivity contribution in [1.82, 2.24) is 24.4 Å². The molecular weight excluding hydrogens is 488 g/mol. The van der Waals surface area contributed by atoms with Crippen LogP contribution in [0.2, 0.25) is 0 Å². The molecule has 1 aliphatic rings. The van der Waals surface area contributed by atoms with Crippen LogP contribution in [0.1, 0.15) is 34.2 Å². The van der Waals surface area contributed by atoms with E-state index in [9.17, 15) is 36.2 Å². The second kappa shape index (κ2) is 9.54. The molecular formula is C19H25F6N7O3. The van der Waals surface area contributed by atoms with Crippen molar-refractivity contribution >= 4 is 29.0 Å². The molecule has 0 bridgehead atoms. The average molecular weight is 513 g/mol. The molecule has 3 heterocycles. The summed E-state index contributed by atoms with van der Waals surface area (Å²) in [5.41, 5.74) is -1.44. The smallest absolute Gasteiger partial charge is 0.416 e. The molecule has 3 N–H and O–H groups in total. The number of aliphatic hydroxyl groups is 1. The van der Waals surface area contributed by atoms with Gasteiger partial charge >= 0.3 is 18.8 Å². The molecule has 2 aromatic heterocycles. The lowest BCUT2D eigenvalue weighted by molar-refractivity contribution is -0.206. The van der Waals surface area contributed by atoms with Gasteiger partial charge in [0.25, 0.3) is 0 Å². The fraction of sp³-hybridized carbons (Fsp3) is 0.684. The maximum absolute atomic E-state index is 14.7. The predicted molar refractivity (Wildman–Crippen MR) is 112 cm³/mol.